The van der Waals surface area contributed by atoms with Crippen LogP contribution in [0.5, 0.6) is 0 Å². The normalized spacial score (nSPS) is 16.0. The Bertz CT molecular complexity index is 1300. The maximum Gasteiger partial charge on any atom is 0.372 e. The number of carboxylic acids is 1. The Labute approximate surface area is 191 Å². The second kappa shape index (κ2) is 8.97. The largest absolute Gasteiger partial charge is 0.475 e. The molecule has 4 N–H and O–H groups in total. The molecule has 5 heterocycles. The van der Waals surface area contributed by atoms with Crippen LogP contribution in [-0.2, 0) is 12.8 Å². The van der Waals surface area contributed by atoms with E-state index < -0.39 is 5.97 Å². The van der Waals surface area contributed by atoms with Crippen LogP contribution >= 0.6 is 22.7 Å². The molecule has 0 saturated carbocycles. The van der Waals surface area contributed by atoms with Gasteiger partial charge in [0.1, 0.15) is 10.5 Å². The van der Waals surface area contributed by atoms with E-state index >= 15 is 0 Å². The molecule has 8 nitrogen and oxygen atoms in total. The molecule has 0 spiro atoms. The van der Waals surface area contributed by atoms with Crippen molar-refractivity contribution in [1.29, 1.82) is 0 Å². The van der Waals surface area contributed by atoms with Gasteiger partial charge in [-0.3, -0.25) is 9.89 Å². The van der Waals surface area contributed by atoms with E-state index in [1.807, 2.05) is 0 Å². The molecule has 0 radical (unpaired) electrons. The average molecular weight is 470 g/mol. The molecule has 0 aromatic carbocycles. The number of fused-ring (bicyclic) bond motifs is 3. The summed E-state index contributed by atoms with van der Waals surface area (Å²) in [7, 11) is 0. The van der Waals surface area contributed by atoms with Crippen LogP contribution in [0.1, 0.15) is 51.9 Å². The minimum absolute atomic E-state index is 0.280. The van der Waals surface area contributed by atoms with Crippen LogP contribution in [0.2, 0.25) is 0 Å². The van der Waals surface area contributed by atoms with Crippen LogP contribution in [0.25, 0.3) is 20.8 Å². The lowest BCUT2D eigenvalue weighted by molar-refractivity contribution is 0.0683. The fraction of sp³-hybridized carbons (Fsp3) is 0.364. The lowest BCUT2D eigenvalue weighted by atomic mass is 9.94. The predicted octanol–water partition coefficient (Wildman–Crippen LogP) is 3.78. The lowest BCUT2D eigenvalue weighted by Gasteiger charge is -2.20. The van der Waals surface area contributed by atoms with Gasteiger partial charge in [-0.25, -0.2) is 9.78 Å². The third-order valence-electron chi connectivity index (χ3n) is 5.93. The van der Waals surface area contributed by atoms with Gasteiger partial charge in [-0.05, 0) is 68.3 Å². The number of aromatic nitrogens is 4. The highest BCUT2D eigenvalue weighted by Crippen LogP contribution is 2.34. The fourth-order valence-electron chi connectivity index (χ4n) is 4.33. The van der Waals surface area contributed by atoms with Crippen LogP contribution in [-0.4, -0.2) is 44.3 Å². The first-order valence-corrected chi connectivity index (χ1v) is 12.4. The number of nitrogens with one attached hydrogen (secondary N) is 3. The van der Waals surface area contributed by atoms with Crippen molar-refractivity contribution in [2.75, 3.05) is 13.1 Å². The molecule has 166 valence electrons. The van der Waals surface area contributed by atoms with Crippen molar-refractivity contribution in [2.45, 2.75) is 38.0 Å². The Morgan fingerprint density at radius 2 is 2.06 bits per heavy atom. The Morgan fingerprint density at radius 3 is 2.81 bits per heavy atom. The Hall–Kier alpha value is -2.82. The second-order valence-corrected chi connectivity index (χ2v) is 10.00. The number of thiophene rings is 2. The number of aryl methyl sites for hydroxylation is 2. The van der Waals surface area contributed by atoms with Gasteiger partial charge >= 0.3 is 5.97 Å². The topological polar surface area (TPSA) is 124 Å². The predicted molar refractivity (Wildman–Crippen MR) is 126 cm³/mol. The summed E-state index contributed by atoms with van der Waals surface area (Å²) >= 11 is 3.18. The first kappa shape index (κ1) is 21.0. The summed E-state index contributed by atoms with van der Waals surface area (Å²) in [6, 6.07) is 6.40. The highest BCUT2D eigenvalue weighted by Gasteiger charge is 2.22. The summed E-state index contributed by atoms with van der Waals surface area (Å²) in [5.74, 6) is -0.826. The number of piperidine rings is 1. The summed E-state index contributed by atoms with van der Waals surface area (Å²) in [5, 5.41) is 22.4. The molecule has 1 saturated heterocycles. The van der Waals surface area contributed by atoms with Crippen molar-refractivity contribution in [3.8, 4) is 10.6 Å². The van der Waals surface area contributed by atoms with E-state index in [0.717, 1.165) is 43.6 Å². The SMILES string of the molecule is O=C(O)c1nc2sc3c(c2c(=O)[nH]1)CCC3.c1csc(-c2cc(C3CCNCC3)[nH]n2)c1. The maximum atomic E-state index is 11.8. The molecule has 4 aromatic rings. The third kappa shape index (κ3) is 4.13. The van der Waals surface area contributed by atoms with Gasteiger partial charge in [0.05, 0.1) is 10.3 Å². The standard InChI is InChI=1S/C12H15N3S.C10H8N2O3S/c1-2-12(16-7-1)11-8-10(14-15-11)9-3-5-13-6-4-9;13-8-6-4-2-1-3-5(4)16-9(6)12-7(11-8)10(14)15/h1-2,7-9,13H,3-6H2,(H,14,15);1-3H2,(H,14,15)(H,11,12,13). The number of aromatic carboxylic acids is 1. The minimum Gasteiger partial charge on any atom is -0.475 e. The van der Waals surface area contributed by atoms with E-state index in [9.17, 15) is 9.59 Å². The molecule has 4 aromatic heterocycles. The molecular formula is C22H23N5O3S2. The third-order valence-corrected chi connectivity index (χ3v) is 8.01. The lowest BCUT2D eigenvalue weighted by Crippen LogP contribution is -2.26. The highest BCUT2D eigenvalue weighted by atomic mass is 32.1. The summed E-state index contributed by atoms with van der Waals surface area (Å²) in [6.07, 6.45) is 5.36. The Balaban J connectivity index is 0.000000135. The summed E-state index contributed by atoms with van der Waals surface area (Å²) < 4.78 is 0. The zero-order valence-electron chi connectivity index (χ0n) is 17.3. The van der Waals surface area contributed by atoms with Crippen LogP contribution in [0.4, 0.5) is 0 Å². The molecule has 0 atom stereocenters. The zero-order valence-corrected chi connectivity index (χ0v) is 18.9. The van der Waals surface area contributed by atoms with E-state index in [1.54, 1.807) is 11.3 Å². The summed E-state index contributed by atoms with van der Waals surface area (Å²) in [4.78, 5) is 31.8. The van der Waals surface area contributed by atoms with Crippen molar-refractivity contribution >= 4 is 38.9 Å². The minimum atomic E-state index is -1.20. The number of hydrogen-bond donors (Lipinski definition) is 4. The van der Waals surface area contributed by atoms with E-state index in [4.69, 9.17) is 5.11 Å². The van der Waals surface area contributed by atoms with E-state index in [0.29, 0.717) is 16.1 Å². The second-order valence-electron chi connectivity index (χ2n) is 7.97. The van der Waals surface area contributed by atoms with Crippen LogP contribution in [0, 0.1) is 0 Å². The van der Waals surface area contributed by atoms with Crippen molar-refractivity contribution in [2.24, 2.45) is 0 Å². The van der Waals surface area contributed by atoms with Crippen molar-refractivity contribution < 1.29 is 9.90 Å². The molecule has 0 bridgehead atoms. The zero-order chi connectivity index (χ0) is 22.1. The smallest absolute Gasteiger partial charge is 0.372 e. The van der Waals surface area contributed by atoms with Crippen LogP contribution in [0.3, 0.4) is 0 Å². The van der Waals surface area contributed by atoms with Gasteiger partial charge in [-0.2, -0.15) is 5.10 Å². The summed E-state index contributed by atoms with van der Waals surface area (Å²) in [6.45, 7) is 2.25. The number of hydrogen-bond acceptors (Lipinski definition) is 7. The van der Waals surface area contributed by atoms with Crippen molar-refractivity contribution in [3.05, 3.63) is 55.9 Å². The van der Waals surface area contributed by atoms with Crippen LogP contribution < -0.4 is 10.9 Å². The Kier molecular flexibility index (Phi) is 5.90. The number of nitrogens with zero attached hydrogens (tertiary/aromatic N) is 2. The number of aromatic amines is 2. The number of rotatable bonds is 3. The molecular weight excluding hydrogens is 446 g/mol. The van der Waals surface area contributed by atoms with Gasteiger partial charge in [-0.1, -0.05) is 6.07 Å². The molecule has 0 unspecified atom stereocenters. The van der Waals surface area contributed by atoms with E-state index in [1.165, 1.54) is 39.6 Å². The number of carboxylic acid groups (broad SMARTS) is 1. The maximum absolute atomic E-state index is 11.8. The highest BCUT2D eigenvalue weighted by molar-refractivity contribution is 7.18. The van der Waals surface area contributed by atoms with Gasteiger partial charge in [0.15, 0.2) is 0 Å². The van der Waals surface area contributed by atoms with Crippen molar-refractivity contribution in [1.82, 2.24) is 25.5 Å². The molecule has 6 rings (SSSR count). The number of carbonyl (C=O) groups is 1. The monoisotopic (exact) mass is 469 g/mol. The Morgan fingerprint density at radius 1 is 1.22 bits per heavy atom. The average Bonchev–Trinajstić information content (AvgIpc) is 3.58. The first-order valence-electron chi connectivity index (χ1n) is 10.7. The molecule has 1 aliphatic heterocycles. The molecule has 2 aliphatic rings. The van der Waals surface area contributed by atoms with Gasteiger partial charge in [-0.15, -0.1) is 22.7 Å². The van der Waals surface area contributed by atoms with E-state index in [-0.39, 0.29) is 11.4 Å². The molecule has 10 heteroatoms. The summed E-state index contributed by atoms with van der Waals surface area (Å²) in [5.41, 5.74) is 3.11. The molecule has 32 heavy (non-hydrogen) atoms. The molecule has 1 aliphatic carbocycles. The van der Waals surface area contributed by atoms with Crippen LogP contribution in [0.15, 0.2) is 28.4 Å². The molecule has 0 amide bonds. The molecule has 1 fully saturated rings. The van der Waals surface area contributed by atoms with Gasteiger partial charge < -0.3 is 15.4 Å². The fourth-order valence-corrected chi connectivity index (χ4v) is 6.28. The number of H-pyrrole nitrogens is 2. The van der Waals surface area contributed by atoms with Gasteiger partial charge in [0, 0.05) is 16.5 Å². The van der Waals surface area contributed by atoms with Gasteiger partial charge in [0.2, 0.25) is 5.82 Å². The van der Waals surface area contributed by atoms with Crippen molar-refractivity contribution in [3.63, 3.8) is 0 Å². The van der Waals surface area contributed by atoms with E-state index in [2.05, 4.69) is 49.1 Å². The van der Waals surface area contributed by atoms with Gasteiger partial charge in [0.25, 0.3) is 5.56 Å². The quantitative estimate of drug-likeness (QED) is 0.362. The first-order chi connectivity index (χ1) is 15.6.